The van der Waals surface area contributed by atoms with Crippen LogP contribution in [0.15, 0.2) is 18.2 Å². The van der Waals surface area contributed by atoms with Gasteiger partial charge in [0.25, 0.3) is 0 Å². The first-order valence-corrected chi connectivity index (χ1v) is 3.82. The van der Waals surface area contributed by atoms with E-state index in [-0.39, 0.29) is 5.56 Å². The number of aromatic carboxylic acids is 1. The van der Waals surface area contributed by atoms with Crippen LogP contribution in [-0.2, 0) is 5.11 Å². The van der Waals surface area contributed by atoms with Crippen LogP contribution < -0.4 is 4.74 Å². The maximum Gasteiger partial charge on any atom is 0.339 e. The van der Waals surface area contributed by atoms with Crippen LogP contribution in [0.25, 0.3) is 0 Å². The van der Waals surface area contributed by atoms with Crippen LogP contribution in [-0.4, -0.2) is 17.7 Å². The van der Waals surface area contributed by atoms with Crippen molar-refractivity contribution in [1.29, 1.82) is 0 Å². The van der Waals surface area contributed by atoms with E-state index in [1.54, 1.807) is 6.92 Å². The molecule has 1 aromatic carbocycles. The number of ether oxygens (including phenoxy) is 1. The highest BCUT2D eigenvalue weighted by molar-refractivity contribution is 5.91. The van der Waals surface area contributed by atoms with E-state index in [9.17, 15) is 9.90 Å². The molecule has 1 radical (unpaired) electrons. The van der Waals surface area contributed by atoms with Crippen LogP contribution in [0.1, 0.15) is 17.3 Å². The Labute approximate surface area is 75.4 Å². The minimum Gasteiger partial charge on any atom is -0.494 e. The molecule has 0 unspecified atom stereocenters. The van der Waals surface area contributed by atoms with E-state index in [4.69, 9.17) is 9.84 Å². The first-order chi connectivity index (χ1) is 6.15. The predicted molar refractivity (Wildman–Crippen MR) is 44.7 cm³/mol. The molecule has 0 aliphatic rings. The van der Waals surface area contributed by atoms with Crippen molar-refractivity contribution < 1.29 is 19.7 Å². The van der Waals surface area contributed by atoms with Crippen molar-refractivity contribution in [3.05, 3.63) is 23.8 Å². The number of hydrogen-bond donors (Lipinski definition) is 1. The summed E-state index contributed by atoms with van der Waals surface area (Å²) in [5.41, 5.74) is -0.258. The quantitative estimate of drug-likeness (QED) is 0.774. The van der Waals surface area contributed by atoms with Gasteiger partial charge < -0.3 is 9.84 Å². The Balaban J connectivity index is 3.04. The molecule has 0 saturated carbocycles. The predicted octanol–water partition coefficient (Wildman–Crippen LogP) is 1.93. The molecule has 0 spiro atoms. The van der Waals surface area contributed by atoms with Crippen LogP contribution in [0.4, 0.5) is 0 Å². The summed E-state index contributed by atoms with van der Waals surface area (Å²) in [6.45, 7) is 2.23. The molecule has 0 saturated heterocycles. The van der Waals surface area contributed by atoms with Gasteiger partial charge in [-0.15, -0.1) is 0 Å². The highest BCUT2D eigenvalue weighted by Gasteiger charge is 2.11. The summed E-state index contributed by atoms with van der Waals surface area (Å²) in [6.07, 6.45) is 0. The summed E-state index contributed by atoms with van der Waals surface area (Å²) in [5, 5.41) is 19.6. The summed E-state index contributed by atoms with van der Waals surface area (Å²) in [7, 11) is 0. The normalized spacial score (nSPS) is 9.62. The molecule has 0 heterocycles. The average molecular weight is 181 g/mol. The van der Waals surface area contributed by atoms with Crippen molar-refractivity contribution in [3.63, 3.8) is 0 Å². The van der Waals surface area contributed by atoms with Gasteiger partial charge in [-0.2, -0.15) is 0 Å². The fraction of sp³-hybridized carbons (Fsp3) is 0.222. The van der Waals surface area contributed by atoms with Gasteiger partial charge in [-0.1, -0.05) is 0 Å². The maximum absolute atomic E-state index is 11.0. The minimum atomic E-state index is -1.23. The maximum atomic E-state index is 11.0. The van der Waals surface area contributed by atoms with Crippen molar-refractivity contribution in [1.82, 2.24) is 0 Å². The second-order valence-electron chi connectivity index (χ2n) is 2.40. The molecule has 1 N–H and O–H groups in total. The third-order valence-corrected chi connectivity index (χ3v) is 1.49. The summed E-state index contributed by atoms with van der Waals surface area (Å²) in [6, 6.07) is 3.88. The Bertz CT molecular complexity index is 319. The lowest BCUT2D eigenvalue weighted by atomic mass is 10.2. The first-order valence-electron chi connectivity index (χ1n) is 3.82. The van der Waals surface area contributed by atoms with Crippen LogP contribution >= 0.6 is 0 Å². The molecule has 1 rings (SSSR count). The van der Waals surface area contributed by atoms with Gasteiger partial charge in [-0.3, -0.25) is 5.11 Å². The Kier molecular flexibility index (Phi) is 2.74. The molecule has 4 heteroatoms. The molecule has 1 aromatic rings. The standard InChI is InChI=1S/C9H9O4/c1-2-13-6-3-4-8(10)7(5-6)9(11)12/h3-5H,2H2,1H3,(H,11,12). The molecule has 0 aliphatic carbocycles. The molecule has 0 amide bonds. The molecule has 0 atom stereocenters. The highest BCUT2D eigenvalue weighted by atomic mass is 16.5. The number of carbonyl (C=O) groups is 1. The van der Waals surface area contributed by atoms with Crippen LogP contribution in [0.5, 0.6) is 11.5 Å². The van der Waals surface area contributed by atoms with Crippen molar-refractivity contribution in [2.75, 3.05) is 6.61 Å². The summed E-state index contributed by atoms with van der Waals surface area (Å²) in [5.74, 6) is -1.33. The molecule has 69 valence electrons. The van der Waals surface area contributed by atoms with E-state index >= 15 is 0 Å². The van der Waals surface area contributed by atoms with Crippen molar-refractivity contribution in [2.24, 2.45) is 0 Å². The zero-order valence-corrected chi connectivity index (χ0v) is 7.11. The van der Waals surface area contributed by atoms with E-state index < -0.39 is 11.7 Å². The lowest BCUT2D eigenvalue weighted by Crippen LogP contribution is -1.98. The number of rotatable bonds is 3. The van der Waals surface area contributed by atoms with Gasteiger partial charge >= 0.3 is 5.97 Å². The topological polar surface area (TPSA) is 66.4 Å². The number of hydrogen-bond acceptors (Lipinski definition) is 2. The van der Waals surface area contributed by atoms with E-state index in [0.29, 0.717) is 12.4 Å². The summed E-state index contributed by atoms with van der Waals surface area (Å²) >= 11 is 0. The molecule has 0 fully saturated rings. The van der Waals surface area contributed by atoms with Gasteiger partial charge in [0.15, 0.2) is 5.75 Å². The van der Waals surface area contributed by atoms with E-state index in [2.05, 4.69) is 0 Å². The number of carboxylic acid groups (broad SMARTS) is 1. The zero-order valence-electron chi connectivity index (χ0n) is 7.11. The fourth-order valence-electron chi connectivity index (χ4n) is 0.933. The van der Waals surface area contributed by atoms with Gasteiger partial charge in [-0.25, -0.2) is 4.79 Å². The van der Waals surface area contributed by atoms with E-state index in [1.807, 2.05) is 0 Å². The molecule has 4 nitrogen and oxygen atoms in total. The second-order valence-corrected chi connectivity index (χ2v) is 2.40. The van der Waals surface area contributed by atoms with Gasteiger partial charge in [0, 0.05) is 0 Å². The van der Waals surface area contributed by atoms with Crippen molar-refractivity contribution in [3.8, 4) is 11.5 Å². The van der Waals surface area contributed by atoms with Crippen molar-refractivity contribution in [2.45, 2.75) is 6.92 Å². The molecule has 0 aromatic heterocycles. The van der Waals surface area contributed by atoms with E-state index in [0.717, 1.165) is 0 Å². The monoisotopic (exact) mass is 181 g/mol. The lowest BCUT2D eigenvalue weighted by Gasteiger charge is -2.03. The van der Waals surface area contributed by atoms with Gasteiger partial charge in [0.1, 0.15) is 11.3 Å². The van der Waals surface area contributed by atoms with Crippen LogP contribution in [0, 0.1) is 0 Å². The fourth-order valence-corrected chi connectivity index (χ4v) is 0.933. The third kappa shape index (κ3) is 2.11. The van der Waals surface area contributed by atoms with Crippen molar-refractivity contribution >= 4 is 5.97 Å². The molecule has 0 bridgehead atoms. The Morgan fingerprint density at radius 2 is 2.23 bits per heavy atom. The Hall–Kier alpha value is -1.71. The van der Waals surface area contributed by atoms with Crippen LogP contribution in [0.2, 0.25) is 0 Å². The lowest BCUT2D eigenvalue weighted by molar-refractivity contribution is 0.0691. The molecule has 13 heavy (non-hydrogen) atoms. The second kappa shape index (κ2) is 3.80. The van der Waals surface area contributed by atoms with Gasteiger partial charge in [0.2, 0.25) is 0 Å². The SMILES string of the molecule is CCOc1ccc([O])c(C(=O)O)c1. The van der Waals surface area contributed by atoms with E-state index in [1.165, 1.54) is 18.2 Å². The highest BCUT2D eigenvalue weighted by Crippen LogP contribution is 2.23. The first kappa shape index (κ1) is 9.38. The average Bonchev–Trinajstić information content (AvgIpc) is 2.08. The number of benzene rings is 1. The Morgan fingerprint density at radius 1 is 1.54 bits per heavy atom. The summed E-state index contributed by atoms with van der Waals surface area (Å²) in [4.78, 5) is 10.5. The minimum absolute atomic E-state index is 0.258. The Morgan fingerprint density at radius 3 is 2.77 bits per heavy atom. The molecular formula is C9H9O4. The smallest absolute Gasteiger partial charge is 0.339 e. The summed E-state index contributed by atoms with van der Waals surface area (Å²) < 4.78 is 5.05. The van der Waals surface area contributed by atoms with Crippen LogP contribution in [0.3, 0.4) is 0 Å². The molecule has 0 aliphatic heterocycles. The zero-order chi connectivity index (χ0) is 9.84. The molecular weight excluding hydrogens is 172 g/mol. The number of carboxylic acids is 1. The van der Waals surface area contributed by atoms with Gasteiger partial charge in [0.05, 0.1) is 6.61 Å². The largest absolute Gasteiger partial charge is 0.494 e. The van der Waals surface area contributed by atoms with Gasteiger partial charge in [-0.05, 0) is 25.1 Å². The third-order valence-electron chi connectivity index (χ3n) is 1.49.